The van der Waals surface area contributed by atoms with E-state index in [9.17, 15) is 4.79 Å². The Kier molecular flexibility index (Phi) is 6.50. The second-order valence-corrected chi connectivity index (χ2v) is 4.02. The lowest BCUT2D eigenvalue weighted by Gasteiger charge is -2.23. The van der Waals surface area contributed by atoms with Crippen LogP contribution in [-0.4, -0.2) is 55.9 Å². The summed E-state index contributed by atoms with van der Waals surface area (Å²) in [7, 11) is 4.52. The van der Waals surface area contributed by atoms with Gasteiger partial charge in [-0.1, -0.05) is 4.49 Å². The summed E-state index contributed by atoms with van der Waals surface area (Å²) >= 11 is 1.09. The first kappa shape index (κ1) is 14.8. The number of ether oxygens (including phenoxy) is 3. The van der Waals surface area contributed by atoms with Crippen molar-refractivity contribution in [2.24, 2.45) is 0 Å². The van der Waals surface area contributed by atoms with Crippen LogP contribution in [0.25, 0.3) is 0 Å². The van der Waals surface area contributed by atoms with Crippen molar-refractivity contribution >= 4 is 22.6 Å². The van der Waals surface area contributed by atoms with E-state index in [1.54, 1.807) is 0 Å². The Balaban J connectivity index is 2.35. The fourth-order valence-electron chi connectivity index (χ4n) is 1.26. The van der Waals surface area contributed by atoms with Crippen LogP contribution in [0, 0.1) is 0 Å². The predicted octanol–water partition coefficient (Wildman–Crippen LogP) is 0.293. The SMILES string of the molecule is COC(CNC(=O)Nc1cnns1)C(OC)OC. The van der Waals surface area contributed by atoms with Gasteiger partial charge in [0.15, 0.2) is 6.29 Å². The molecule has 0 saturated heterocycles. The van der Waals surface area contributed by atoms with Gasteiger partial charge in [-0.2, -0.15) is 0 Å². The molecule has 0 radical (unpaired) electrons. The second-order valence-electron chi connectivity index (χ2n) is 3.23. The number of carbonyl (C=O) groups excluding carboxylic acids is 1. The highest BCUT2D eigenvalue weighted by Crippen LogP contribution is 2.08. The Labute approximate surface area is 109 Å². The Bertz CT molecular complexity index is 344. The molecule has 1 unspecified atom stereocenters. The quantitative estimate of drug-likeness (QED) is 0.695. The Morgan fingerprint density at radius 3 is 2.61 bits per heavy atom. The van der Waals surface area contributed by atoms with E-state index in [1.807, 2.05) is 0 Å². The summed E-state index contributed by atoms with van der Waals surface area (Å²) in [6.45, 7) is 0.251. The number of anilines is 1. The Hall–Kier alpha value is -1.29. The minimum atomic E-state index is -0.541. The average molecular weight is 276 g/mol. The summed E-state index contributed by atoms with van der Waals surface area (Å²) in [6, 6.07) is -0.367. The smallest absolute Gasteiger partial charge is 0.320 e. The van der Waals surface area contributed by atoms with E-state index in [0.29, 0.717) is 5.00 Å². The van der Waals surface area contributed by atoms with Gasteiger partial charge in [0, 0.05) is 32.9 Å². The molecule has 0 aliphatic heterocycles. The van der Waals surface area contributed by atoms with Crippen molar-refractivity contribution in [2.45, 2.75) is 12.4 Å². The summed E-state index contributed by atoms with van der Waals surface area (Å²) in [5.41, 5.74) is 0. The molecule has 0 aliphatic rings. The first-order valence-corrected chi connectivity index (χ1v) is 5.89. The molecule has 1 aromatic rings. The van der Waals surface area contributed by atoms with Gasteiger partial charge in [0.05, 0.1) is 12.7 Å². The van der Waals surface area contributed by atoms with Crippen LogP contribution in [-0.2, 0) is 14.2 Å². The maximum atomic E-state index is 11.5. The molecule has 0 saturated carbocycles. The summed E-state index contributed by atoms with van der Waals surface area (Å²) in [4.78, 5) is 11.5. The standard InChI is InChI=1S/C9H16N4O4S/c1-15-6(8(16-2)17-3)4-10-9(14)12-7-5-11-13-18-7/h5-6,8H,4H2,1-3H3,(H2,10,12,14). The van der Waals surface area contributed by atoms with E-state index in [-0.39, 0.29) is 12.6 Å². The molecule has 1 rings (SSSR count). The first-order chi connectivity index (χ1) is 8.71. The van der Waals surface area contributed by atoms with Crippen molar-refractivity contribution in [3.05, 3.63) is 6.20 Å². The minimum absolute atomic E-state index is 0.251. The number of hydrogen-bond donors (Lipinski definition) is 2. The number of rotatable bonds is 7. The van der Waals surface area contributed by atoms with E-state index < -0.39 is 12.4 Å². The Morgan fingerprint density at radius 1 is 1.39 bits per heavy atom. The lowest BCUT2D eigenvalue weighted by molar-refractivity contribution is -0.170. The molecule has 102 valence electrons. The third kappa shape index (κ3) is 4.53. The van der Waals surface area contributed by atoms with E-state index in [4.69, 9.17) is 14.2 Å². The van der Waals surface area contributed by atoms with Gasteiger partial charge in [-0.25, -0.2) is 4.79 Å². The van der Waals surface area contributed by atoms with Crippen LogP contribution in [0.3, 0.4) is 0 Å². The van der Waals surface area contributed by atoms with Crippen LogP contribution in [0.5, 0.6) is 0 Å². The van der Waals surface area contributed by atoms with Gasteiger partial charge in [0.2, 0.25) is 0 Å². The number of urea groups is 1. The monoisotopic (exact) mass is 276 g/mol. The molecular weight excluding hydrogens is 260 g/mol. The Morgan fingerprint density at radius 2 is 2.11 bits per heavy atom. The molecule has 0 bridgehead atoms. The van der Waals surface area contributed by atoms with Gasteiger partial charge in [-0.3, -0.25) is 5.32 Å². The number of nitrogens with zero attached hydrogens (tertiary/aromatic N) is 2. The number of aromatic nitrogens is 2. The highest BCUT2D eigenvalue weighted by Gasteiger charge is 2.21. The first-order valence-electron chi connectivity index (χ1n) is 5.11. The number of carbonyl (C=O) groups is 1. The van der Waals surface area contributed by atoms with Crippen molar-refractivity contribution in [3.8, 4) is 0 Å². The van der Waals surface area contributed by atoms with Crippen molar-refractivity contribution in [2.75, 3.05) is 33.2 Å². The molecule has 8 nitrogen and oxygen atoms in total. The van der Waals surface area contributed by atoms with Crippen LogP contribution >= 0.6 is 11.5 Å². The third-order valence-corrected chi connectivity index (χ3v) is 2.71. The highest BCUT2D eigenvalue weighted by atomic mass is 32.1. The molecule has 1 heterocycles. The normalized spacial score (nSPS) is 12.4. The van der Waals surface area contributed by atoms with Crippen LogP contribution in [0.4, 0.5) is 9.80 Å². The molecule has 0 aliphatic carbocycles. The van der Waals surface area contributed by atoms with Crippen molar-refractivity contribution in [3.63, 3.8) is 0 Å². The van der Waals surface area contributed by atoms with Gasteiger partial charge in [0.1, 0.15) is 11.1 Å². The average Bonchev–Trinajstić information content (AvgIpc) is 2.87. The van der Waals surface area contributed by atoms with Gasteiger partial charge >= 0.3 is 6.03 Å². The number of amides is 2. The zero-order chi connectivity index (χ0) is 13.4. The molecule has 1 aromatic heterocycles. The molecule has 0 aromatic carbocycles. The van der Waals surface area contributed by atoms with E-state index in [2.05, 4.69) is 20.2 Å². The van der Waals surface area contributed by atoms with Gasteiger partial charge < -0.3 is 19.5 Å². The molecule has 0 fully saturated rings. The van der Waals surface area contributed by atoms with Crippen molar-refractivity contribution in [1.29, 1.82) is 0 Å². The summed E-state index contributed by atoms with van der Waals surface area (Å²) in [6.07, 6.45) is 0.524. The maximum Gasteiger partial charge on any atom is 0.320 e. The molecule has 2 N–H and O–H groups in total. The molecular formula is C9H16N4O4S. The van der Waals surface area contributed by atoms with Crippen molar-refractivity contribution < 1.29 is 19.0 Å². The largest absolute Gasteiger partial charge is 0.374 e. The summed E-state index contributed by atoms with van der Waals surface area (Å²) in [5, 5.41) is 9.39. The third-order valence-electron chi connectivity index (χ3n) is 2.13. The molecule has 2 amide bonds. The second kappa shape index (κ2) is 7.93. The summed E-state index contributed by atoms with van der Waals surface area (Å²) in [5.74, 6) is 0. The van der Waals surface area contributed by atoms with E-state index in [0.717, 1.165) is 11.5 Å². The van der Waals surface area contributed by atoms with Crippen LogP contribution in [0.15, 0.2) is 6.20 Å². The van der Waals surface area contributed by atoms with Gasteiger partial charge in [-0.15, -0.1) is 5.10 Å². The van der Waals surface area contributed by atoms with E-state index in [1.165, 1.54) is 27.5 Å². The maximum absolute atomic E-state index is 11.5. The number of methoxy groups -OCH3 is 3. The lowest BCUT2D eigenvalue weighted by Crippen LogP contribution is -2.43. The fourth-order valence-corrected chi connectivity index (χ4v) is 1.68. The lowest BCUT2D eigenvalue weighted by atomic mass is 10.3. The highest BCUT2D eigenvalue weighted by molar-refractivity contribution is 7.10. The minimum Gasteiger partial charge on any atom is -0.374 e. The molecule has 18 heavy (non-hydrogen) atoms. The predicted molar refractivity (Wildman–Crippen MR) is 65.5 cm³/mol. The molecule has 0 spiro atoms. The van der Waals surface area contributed by atoms with Gasteiger partial charge in [0.25, 0.3) is 0 Å². The van der Waals surface area contributed by atoms with Gasteiger partial charge in [-0.05, 0) is 0 Å². The van der Waals surface area contributed by atoms with E-state index >= 15 is 0 Å². The zero-order valence-corrected chi connectivity index (χ0v) is 11.2. The topological polar surface area (TPSA) is 94.6 Å². The van der Waals surface area contributed by atoms with Crippen molar-refractivity contribution in [1.82, 2.24) is 14.9 Å². The van der Waals surface area contributed by atoms with Crippen LogP contribution in [0.1, 0.15) is 0 Å². The number of hydrogen-bond acceptors (Lipinski definition) is 7. The molecule has 9 heteroatoms. The zero-order valence-electron chi connectivity index (χ0n) is 10.4. The van der Waals surface area contributed by atoms with Crippen LogP contribution in [0.2, 0.25) is 0 Å². The van der Waals surface area contributed by atoms with Crippen LogP contribution < -0.4 is 10.6 Å². The summed E-state index contributed by atoms with van der Waals surface area (Å²) < 4.78 is 18.9. The fraction of sp³-hybridized carbons (Fsp3) is 0.667. The molecule has 1 atom stereocenters. The number of nitrogens with one attached hydrogen (secondary N) is 2.